The number of anilines is 2. The number of nitrogens with one attached hydrogen (secondary N) is 2. The molecule has 0 saturated carbocycles. The zero-order valence-electron chi connectivity index (χ0n) is 16.7. The zero-order chi connectivity index (χ0) is 20.8. The highest BCUT2D eigenvalue weighted by Gasteiger charge is 2.20. The molecule has 1 fully saturated rings. The largest absolute Gasteiger partial charge is 0.355 e. The summed E-state index contributed by atoms with van der Waals surface area (Å²) in [5.74, 6) is 0.569. The van der Waals surface area contributed by atoms with Gasteiger partial charge in [0.2, 0.25) is 11.0 Å². The Balaban J connectivity index is 1.48. The summed E-state index contributed by atoms with van der Waals surface area (Å²) in [5, 5.41) is 12.2. The van der Waals surface area contributed by atoms with Crippen LogP contribution in [-0.4, -0.2) is 64.8 Å². The van der Waals surface area contributed by atoms with Crippen molar-refractivity contribution in [3.05, 3.63) is 33.2 Å². The van der Waals surface area contributed by atoms with Gasteiger partial charge in [-0.3, -0.25) is 14.6 Å². The fourth-order valence-electron chi connectivity index (χ4n) is 2.98. The number of amides is 1. The highest BCUT2D eigenvalue weighted by molar-refractivity contribution is 7.73. The number of aromatic nitrogens is 2. The highest BCUT2D eigenvalue weighted by atomic mass is 35.5. The molecule has 1 aromatic heterocycles. The number of carbonyl (C=O) groups is 1. The number of rotatable bonds is 8. The van der Waals surface area contributed by atoms with Crippen molar-refractivity contribution in [1.29, 1.82) is 0 Å². The number of para-hydroxylation sites is 1. The van der Waals surface area contributed by atoms with Crippen molar-refractivity contribution in [2.45, 2.75) is 20.5 Å². The lowest BCUT2D eigenvalue weighted by molar-refractivity contribution is -0.122. The molecule has 0 radical (unpaired) electrons. The van der Waals surface area contributed by atoms with Crippen molar-refractivity contribution in [3.63, 3.8) is 0 Å². The first kappa shape index (κ1) is 22.2. The predicted molar refractivity (Wildman–Crippen MR) is 122 cm³/mol. The summed E-state index contributed by atoms with van der Waals surface area (Å²) in [7, 11) is 0. The van der Waals surface area contributed by atoms with Crippen molar-refractivity contribution < 1.29 is 4.79 Å². The Labute approximate surface area is 185 Å². The van der Waals surface area contributed by atoms with Crippen LogP contribution in [0.25, 0.3) is 0 Å². The SMILES string of the molecule is CC(C)CNC(=O)CN1CCN(Cn2nc(Nc3ccccc3Cl)sc2=S)CC1. The van der Waals surface area contributed by atoms with Crippen LogP contribution in [0.15, 0.2) is 24.3 Å². The van der Waals surface area contributed by atoms with Gasteiger partial charge in [-0.25, -0.2) is 4.68 Å². The summed E-state index contributed by atoms with van der Waals surface area (Å²) >= 11 is 13.1. The van der Waals surface area contributed by atoms with Gasteiger partial charge in [0.25, 0.3) is 0 Å². The molecule has 10 heteroatoms. The van der Waals surface area contributed by atoms with E-state index in [9.17, 15) is 4.79 Å². The van der Waals surface area contributed by atoms with E-state index in [0.717, 1.165) is 47.5 Å². The molecule has 1 aliphatic heterocycles. The van der Waals surface area contributed by atoms with Crippen molar-refractivity contribution in [3.8, 4) is 0 Å². The number of hydrogen-bond acceptors (Lipinski definition) is 7. The number of benzene rings is 1. The second kappa shape index (κ2) is 10.5. The molecule has 29 heavy (non-hydrogen) atoms. The van der Waals surface area contributed by atoms with Crippen molar-refractivity contribution in [2.24, 2.45) is 5.92 Å². The van der Waals surface area contributed by atoms with Gasteiger partial charge in [0.1, 0.15) is 0 Å². The third-order valence-corrected chi connectivity index (χ3v) is 6.15. The van der Waals surface area contributed by atoms with E-state index in [0.29, 0.717) is 24.2 Å². The van der Waals surface area contributed by atoms with Crippen molar-refractivity contribution in [2.75, 3.05) is 44.6 Å². The van der Waals surface area contributed by atoms with Gasteiger partial charge in [0.15, 0.2) is 3.95 Å². The smallest absolute Gasteiger partial charge is 0.234 e. The summed E-state index contributed by atoms with van der Waals surface area (Å²) in [6.07, 6.45) is 0. The van der Waals surface area contributed by atoms with Crippen LogP contribution in [0.2, 0.25) is 5.02 Å². The molecular formula is C19H27ClN6OS2. The van der Waals surface area contributed by atoms with Crippen LogP contribution in [0, 0.1) is 9.87 Å². The molecule has 2 N–H and O–H groups in total. The van der Waals surface area contributed by atoms with E-state index >= 15 is 0 Å². The summed E-state index contributed by atoms with van der Waals surface area (Å²) in [5.41, 5.74) is 0.814. The monoisotopic (exact) mass is 454 g/mol. The first-order valence-corrected chi connectivity index (χ1v) is 11.3. The maximum absolute atomic E-state index is 12.0. The van der Waals surface area contributed by atoms with Crippen LogP contribution >= 0.6 is 35.2 Å². The molecule has 1 aliphatic rings. The van der Waals surface area contributed by atoms with E-state index in [1.54, 1.807) is 0 Å². The molecule has 0 spiro atoms. The maximum Gasteiger partial charge on any atom is 0.234 e. The lowest BCUT2D eigenvalue weighted by Crippen LogP contribution is -2.50. The zero-order valence-corrected chi connectivity index (χ0v) is 19.1. The fourth-order valence-corrected chi connectivity index (χ4v) is 4.17. The van der Waals surface area contributed by atoms with Crippen molar-refractivity contribution in [1.82, 2.24) is 24.9 Å². The molecule has 0 atom stereocenters. The lowest BCUT2D eigenvalue weighted by Gasteiger charge is -2.34. The van der Waals surface area contributed by atoms with E-state index in [4.69, 9.17) is 23.8 Å². The number of piperazine rings is 1. The summed E-state index contributed by atoms with van der Waals surface area (Å²) in [6.45, 7) is 9.50. The minimum Gasteiger partial charge on any atom is -0.355 e. The molecule has 2 heterocycles. The molecule has 158 valence electrons. The Kier molecular flexibility index (Phi) is 8.02. The van der Waals surface area contributed by atoms with E-state index in [1.165, 1.54) is 11.3 Å². The fraction of sp³-hybridized carbons (Fsp3) is 0.526. The number of nitrogens with zero attached hydrogens (tertiary/aromatic N) is 4. The third-order valence-electron chi connectivity index (χ3n) is 4.60. The maximum atomic E-state index is 12.0. The summed E-state index contributed by atoms with van der Waals surface area (Å²) in [4.78, 5) is 16.5. The first-order valence-electron chi connectivity index (χ1n) is 9.71. The van der Waals surface area contributed by atoms with E-state index in [1.807, 2.05) is 28.9 Å². The summed E-state index contributed by atoms with van der Waals surface area (Å²) in [6, 6.07) is 7.56. The average molecular weight is 455 g/mol. The Morgan fingerprint density at radius 3 is 2.62 bits per heavy atom. The van der Waals surface area contributed by atoms with Gasteiger partial charge in [0.05, 0.1) is 23.9 Å². The Bertz CT molecular complexity index is 876. The predicted octanol–water partition coefficient (Wildman–Crippen LogP) is 3.42. The number of halogens is 1. The Hall–Kier alpha value is -1.52. The lowest BCUT2D eigenvalue weighted by atomic mass is 10.2. The molecule has 1 aromatic carbocycles. The summed E-state index contributed by atoms with van der Waals surface area (Å²) < 4.78 is 2.56. The van der Waals surface area contributed by atoms with Gasteiger partial charge < -0.3 is 10.6 Å². The second-order valence-electron chi connectivity index (χ2n) is 7.51. The molecule has 0 bridgehead atoms. The highest BCUT2D eigenvalue weighted by Crippen LogP contribution is 2.26. The molecule has 0 aliphatic carbocycles. The molecule has 0 unspecified atom stereocenters. The van der Waals surface area contributed by atoms with Crippen LogP contribution in [0.3, 0.4) is 0 Å². The minimum atomic E-state index is 0.101. The van der Waals surface area contributed by atoms with Crippen LogP contribution in [0.5, 0.6) is 0 Å². The molecule has 1 saturated heterocycles. The molecule has 1 amide bonds. The average Bonchev–Trinajstić information content (AvgIpc) is 3.02. The minimum absolute atomic E-state index is 0.101. The van der Waals surface area contributed by atoms with Gasteiger partial charge >= 0.3 is 0 Å². The Morgan fingerprint density at radius 1 is 1.24 bits per heavy atom. The first-order chi connectivity index (χ1) is 13.9. The van der Waals surface area contributed by atoms with Gasteiger partial charge in [-0.15, -0.1) is 5.10 Å². The van der Waals surface area contributed by atoms with E-state index < -0.39 is 0 Å². The van der Waals surface area contributed by atoms with Crippen LogP contribution < -0.4 is 10.6 Å². The Morgan fingerprint density at radius 2 is 1.93 bits per heavy atom. The van der Waals surface area contributed by atoms with Crippen molar-refractivity contribution >= 4 is 51.9 Å². The van der Waals surface area contributed by atoms with Gasteiger partial charge in [-0.2, -0.15) is 0 Å². The molecular weight excluding hydrogens is 428 g/mol. The van der Waals surface area contributed by atoms with Crippen LogP contribution in [0.1, 0.15) is 13.8 Å². The van der Waals surface area contributed by atoms with Gasteiger partial charge in [-0.05, 0) is 30.3 Å². The molecule has 2 aromatic rings. The van der Waals surface area contributed by atoms with Crippen LogP contribution in [0.4, 0.5) is 10.8 Å². The van der Waals surface area contributed by atoms with Gasteiger partial charge in [0, 0.05) is 32.7 Å². The van der Waals surface area contributed by atoms with E-state index in [2.05, 4.69) is 39.4 Å². The third kappa shape index (κ3) is 6.75. The topological polar surface area (TPSA) is 65.4 Å². The quantitative estimate of drug-likeness (QED) is 0.596. The second-order valence-corrected chi connectivity index (χ2v) is 9.54. The molecule has 7 nitrogen and oxygen atoms in total. The number of carbonyl (C=O) groups excluding carboxylic acids is 1. The van der Waals surface area contributed by atoms with Gasteiger partial charge in [-0.1, -0.05) is 48.9 Å². The number of hydrogen-bond donors (Lipinski definition) is 2. The molecule has 3 rings (SSSR count). The standard InChI is InChI=1S/C19H27ClN6OS2/c1-14(2)11-21-17(27)12-24-7-9-25(10-8-24)13-26-19(28)29-18(23-26)22-16-6-4-3-5-15(16)20/h3-6,14H,7-13H2,1-2H3,(H,21,27)(H,22,23). The van der Waals surface area contributed by atoms with Crippen LogP contribution in [-0.2, 0) is 11.5 Å². The normalized spacial score (nSPS) is 15.6. The van der Waals surface area contributed by atoms with E-state index in [-0.39, 0.29) is 5.91 Å².